The van der Waals surface area contributed by atoms with Crippen LogP contribution in [0, 0.1) is 19.3 Å². The summed E-state index contributed by atoms with van der Waals surface area (Å²) in [6, 6.07) is 1.54. The van der Waals surface area contributed by atoms with Crippen molar-refractivity contribution in [3.63, 3.8) is 0 Å². The Morgan fingerprint density at radius 2 is 1.91 bits per heavy atom. The van der Waals surface area contributed by atoms with Gasteiger partial charge in [-0.15, -0.1) is 0 Å². The van der Waals surface area contributed by atoms with Crippen molar-refractivity contribution in [2.24, 2.45) is 5.41 Å². The van der Waals surface area contributed by atoms with Crippen LogP contribution in [0.5, 0.6) is 0 Å². The fourth-order valence-electron chi connectivity index (χ4n) is 5.42. The summed E-state index contributed by atoms with van der Waals surface area (Å²) in [5, 5.41) is 10.6. The number of rotatable bonds is 5. The summed E-state index contributed by atoms with van der Waals surface area (Å²) in [7, 11) is 1.60. The predicted octanol–water partition coefficient (Wildman–Crippen LogP) is 2.51. The van der Waals surface area contributed by atoms with Gasteiger partial charge in [0.2, 0.25) is 11.8 Å². The van der Waals surface area contributed by atoms with Gasteiger partial charge in [0, 0.05) is 43.4 Å². The molecule has 2 fully saturated rings. The van der Waals surface area contributed by atoms with E-state index < -0.39 is 6.04 Å². The summed E-state index contributed by atoms with van der Waals surface area (Å²) in [5.74, 6) is 0.211. The van der Waals surface area contributed by atoms with E-state index in [2.05, 4.69) is 32.4 Å². The average Bonchev–Trinajstić information content (AvgIpc) is 3.14. The van der Waals surface area contributed by atoms with E-state index in [0.29, 0.717) is 34.4 Å². The number of carbonyl (C=O) groups excluding carboxylic acids is 3. The number of likely N-dealkylation sites (N-methyl/N-ethyl adjacent to an activating group) is 1. The Hall–Kier alpha value is -3.62. The first-order valence-electron chi connectivity index (χ1n) is 11.5. The second-order valence-electron chi connectivity index (χ2n) is 9.80. The van der Waals surface area contributed by atoms with Crippen molar-refractivity contribution >= 4 is 28.5 Å². The summed E-state index contributed by atoms with van der Waals surface area (Å²) >= 11 is 0. The van der Waals surface area contributed by atoms with Crippen LogP contribution >= 0.6 is 0 Å². The van der Waals surface area contributed by atoms with E-state index in [1.165, 1.54) is 6.92 Å². The Labute approximate surface area is 197 Å². The second-order valence-corrected chi connectivity index (χ2v) is 9.80. The summed E-state index contributed by atoms with van der Waals surface area (Å²) in [6.07, 6.45) is 5.06. The number of benzene rings is 1. The van der Waals surface area contributed by atoms with Crippen LogP contribution < -0.4 is 5.32 Å². The number of fused-ring (bicyclic) bond motifs is 2. The smallest absolute Gasteiger partial charge is 0.242 e. The van der Waals surface area contributed by atoms with Gasteiger partial charge in [-0.25, -0.2) is 9.97 Å². The average molecular weight is 461 g/mol. The topological polar surface area (TPSA) is 121 Å². The molecule has 1 saturated carbocycles. The number of carbonyl (C=O) groups is 3. The number of hydrogen-bond acceptors (Lipinski definition) is 6. The largest absolute Gasteiger partial charge is 0.357 e. The highest BCUT2D eigenvalue weighted by atomic mass is 16.2. The lowest BCUT2D eigenvalue weighted by Crippen LogP contribution is -2.47. The maximum Gasteiger partial charge on any atom is 0.242 e. The van der Waals surface area contributed by atoms with Gasteiger partial charge in [0.15, 0.2) is 5.78 Å². The van der Waals surface area contributed by atoms with Crippen LogP contribution in [-0.2, 0) is 16.0 Å². The van der Waals surface area contributed by atoms with Crippen LogP contribution in [0.1, 0.15) is 54.1 Å². The number of aryl methyl sites for hydroxylation is 2. The van der Waals surface area contributed by atoms with Crippen LogP contribution in [0.4, 0.5) is 0 Å². The molecular weight excluding hydrogens is 432 g/mol. The van der Waals surface area contributed by atoms with Crippen LogP contribution in [0.2, 0.25) is 0 Å². The highest BCUT2D eigenvalue weighted by molar-refractivity contribution is 6.09. The molecule has 2 aromatic heterocycles. The first-order chi connectivity index (χ1) is 16.1. The van der Waals surface area contributed by atoms with Gasteiger partial charge in [-0.1, -0.05) is 6.92 Å². The molecule has 9 heteroatoms. The number of nitrogens with one attached hydrogen (secondary N) is 2. The summed E-state index contributed by atoms with van der Waals surface area (Å²) < 4.78 is 0. The number of hydrogen-bond donors (Lipinski definition) is 2. The fraction of sp³-hybridized carbons (Fsp3) is 0.440. The molecule has 3 aromatic rings. The molecule has 176 valence electrons. The van der Waals surface area contributed by atoms with Gasteiger partial charge < -0.3 is 10.2 Å². The molecule has 3 atom stereocenters. The van der Waals surface area contributed by atoms with Crippen molar-refractivity contribution in [1.29, 1.82) is 0 Å². The molecule has 2 aliphatic rings. The lowest BCUT2D eigenvalue weighted by molar-refractivity contribution is -0.139. The van der Waals surface area contributed by atoms with Gasteiger partial charge in [0.1, 0.15) is 17.6 Å². The number of ketones is 1. The van der Waals surface area contributed by atoms with Gasteiger partial charge in [-0.3, -0.25) is 19.5 Å². The number of nitrogens with zero attached hydrogens (tertiary/aromatic N) is 4. The molecular formula is C25H28N6O3. The molecule has 3 heterocycles. The van der Waals surface area contributed by atoms with E-state index in [1.807, 2.05) is 19.9 Å². The number of Topliss-reactive ketones (excluding diaryl/α,β-unsaturated/α-hetero) is 1. The van der Waals surface area contributed by atoms with Gasteiger partial charge in [0.05, 0.1) is 11.9 Å². The Morgan fingerprint density at radius 3 is 2.56 bits per heavy atom. The molecule has 0 bridgehead atoms. The number of likely N-dealkylation sites (tertiary alicyclic amines) is 1. The van der Waals surface area contributed by atoms with Crippen LogP contribution in [0.3, 0.4) is 0 Å². The standard InChI is InChI=1S/C25H28N6O3/c1-12-6-16(15-10-27-14(3)28-11-15)17(21-22(12)29-30-23(21)13(2)32)7-20(33)31-18(24(34)26-5)8-25(4)9-19(25)31/h6,10-11,18-19H,7-9H2,1-5H3,(H,26,34)(H,29,30)/t18-,19+,25-/m0/s1. The van der Waals surface area contributed by atoms with Crippen LogP contribution in [-0.4, -0.2) is 61.8 Å². The monoisotopic (exact) mass is 460 g/mol. The third-order valence-corrected chi connectivity index (χ3v) is 7.37. The minimum atomic E-state index is -0.482. The Kier molecular flexibility index (Phi) is 5.03. The Bertz CT molecular complexity index is 1340. The molecule has 0 spiro atoms. The number of amides is 2. The lowest BCUT2D eigenvalue weighted by Gasteiger charge is -2.27. The molecule has 1 saturated heterocycles. The minimum Gasteiger partial charge on any atom is -0.357 e. The van der Waals surface area contributed by atoms with E-state index in [-0.39, 0.29) is 35.5 Å². The van der Waals surface area contributed by atoms with E-state index in [0.717, 1.165) is 23.1 Å². The molecule has 0 unspecified atom stereocenters. The van der Waals surface area contributed by atoms with Gasteiger partial charge in [0.25, 0.3) is 0 Å². The maximum absolute atomic E-state index is 13.8. The minimum absolute atomic E-state index is 0.0107. The van der Waals surface area contributed by atoms with E-state index >= 15 is 0 Å². The van der Waals surface area contributed by atoms with E-state index in [1.54, 1.807) is 24.3 Å². The lowest BCUT2D eigenvalue weighted by atomic mass is 9.91. The van der Waals surface area contributed by atoms with Crippen molar-refractivity contribution in [2.45, 2.75) is 59.0 Å². The van der Waals surface area contributed by atoms with E-state index in [4.69, 9.17) is 0 Å². The quantitative estimate of drug-likeness (QED) is 0.565. The number of piperidine rings is 1. The molecule has 9 nitrogen and oxygen atoms in total. The molecule has 1 aliphatic heterocycles. The van der Waals surface area contributed by atoms with Crippen molar-refractivity contribution in [2.75, 3.05) is 7.05 Å². The molecule has 2 amide bonds. The molecule has 34 heavy (non-hydrogen) atoms. The van der Waals surface area contributed by atoms with Gasteiger partial charge in [-0.05, 0) is 54.9 Å². The highest BCUT2D eigenvalue weighted by Crippen LogP contribution is 2.59. The maximum atomic E-state index is 13.8. The van der Waals surface area contributed by atoms with Crippen molar-refractivity contribution < 1.29 is 14.4 Å². The van der Waals surface area contributed by atoms with Gasteiger partial charge in [-0.2, -0.15) is 5.10 Å². The van der Waals surface area contributed by atoms with Crippen molar-refractivity contribution in [3.8, 4) is 11.1 Å². The first-order valence-corrected chi connectivity index (χ1v) is 11.5. The zero-order valence-corrected chi connectivity index (χ0v) is 20.0. The first kappa shape index (κ1) is 22.2. The van der Waals surface area contributed by atoms with E-state index in [9.17, 15) is 14.4 Å². The van der Waals surface area contributed by atoms with Crippen molar-refractivity contribution in [3.05, 3.63) is 41.1 Å². The zero-order chi connectivity index (χ0) is 24.4. The van der Waals surface area contributed by atoms with Crippen LogP contribution in [0.25, 0.3) is 22.0 Å². The Morgan fingerprint density at radius 1 is 1.21 bits per heavy atom. The third-order valence-electron chi connectivity index (χ3n) is 7.37. The SMILES string of the molecule is CNC(=O)[C@@H]1C[C@@]2(C)C[C@H]2N1C(=O)Cc1c(-c2cnc(C)nc2)cc(C)c2n[nH]c(C(C)=O)c12. The molecule has 0 radical (unpaired) electrons. The molecule has 2 N–H and O–H groups in total. The summed E-state index contributed by atoms with van der Waals surface area (Å²) in [6.45, 7) is 7.34. The third kappa shape index (κ3) is 3.38. The normalized spacial score (nSPS) is 23.1. The van der Waals surface area contributed by atoms with Crippen molar-refractivity contribution in [1.82, 2.24) is 30.4 Å². The second kappa shape index (κ2) is 7.72. The molecule has 1 aliphatic carbocycles. The summed E-state index contributed by atoms with van der Waals surface area (Å²) in [4.78, 5) is 49.3. The Balaban J connectivity index is 1.65. The molecule has 1 aromatic carbocycles. The fourth-order valence-corrected chi connectivity index (χ4v) is 5.42. The van der Waals surface area contributed by atoms with Gasteiger partial charge >= 0.3 is 0 Å². The summed E-state index contributed by atoms with van der Waals surface area (Å²) in [5.41, 5.74) is 4.14. The number of aromatic nitrogens is 4. The predicted molar refractivity (Wildman–Crippen MR) is 126 cm³/mol. The number of H-pyrrole nitrogens is 1. The molecule has 5 rings (SSSR count). The zero-order valence-electron chi connectivity index (χ0n) is 20.0. The highest BCUT2D eigenvalue weighted by Gasteiger charge is 2.64. The van der Waals surface area contributed by atoms with Crippen LogP contribution in [0.15, 0.2) is 18.5 Å². The number of aromatic amines is 1.